The van der Waals surface area contributed by atoms with Crippen LogP contribution < -0.4 is 11.1 Å². The fraction of sp³-hybridized carbons (Fsp3) is 0.500. The minimum Gasteiger partial charge on any atom is -0.456 e. The third kappa shape index (κ3) is 2.60. The molecule has 0 aliphatic carbocycles. The van der Waals surface area contributed by atoms with E-state index < -0.39 is 0 Å². The van der Waals surface area contributed by atoms with E-state index in [0.717, 1.165) is 12.2 Å². The van der Waals surface area contributed by atoms with E-state index in [4.69, 9.17) is 10.2 Å². The van der Waals surface area contributed by atoms with Crippen molar-refractivity contribution in [3.63, 3.8) is 0 Å². The molecule has 1 amide bonds. The molecule has 4 heteroatoms. The summed E-state index contributed by atoms with van der Waals surface area (Å²) >= 11 is 0. The van der Waals surface area contributed by atoms with Crippen molar-refractivity contribution < 1.29 is 9.21 Å². The first-order valence-electron chi connectivity index (χ1n) is 4.77. The minimum absolute atomic E-state index is 0.0299. The number of furan rings is 1. The molecule has 1 aromatic rings. The molecule has 3 N–H and O–H groups in total. The Labute approximate surface area is 83.5 Å². The van der Waals surface area contributed by atoms with E-state index in [1.54, 1.807) is 6.07 Å². The van der Waals surface area contributed by atoms with E-state index >= 15 is 0 Å². The van der Waals surface area contributed by atoms with E-state index in [9.17, 15) is 4.79 Å². The molecule has 0 aliphatic heterocycles. The topological polar surface area (TPSA) is 68.3 Å². The van der Waals surface area contributed by atoms with Crippen molar-refractivity contribution in [3.8, 4) is 0 Å². The van der Waals surface area contributed by atoms with Crippen LogP contribution in [0, 0.1) is 0 Å². The molecule has 0 aliphatic rings. The molecule has 0 fully saturated rings. The summed E-state index contributed by atoms with van der Waals surface area (Å²) in [6, 6.07) is 3.46. The Hall–Kier alpha value is -1.29. The number of hydrogen-bond donors (Lipinski definition) is 2. The van der Waals surface area contributed by atoms with Crippen LogP contribution in [0.15, 0.2) is 16.5 Å². The lowest BCUT2D eigenvalue weighted by atomic mass is 10.3. The lowest BCUT2D eigenvalue weighted by Crippen LogP contribution is -2.37. The lowest BCUT2D eigenvalue weighted by molar-refractivity contribution is 0.0911. The SMILES string of the molecule is CCc1ccc(C(=O)NC(C)CN)o1. The number of amides is 1. The van der Waals surface area contributed by atoms with E-state index in [2.05, 4.69) is 5.32 Å². The summed E-state index contributed by atoms with van der Waals surface area (Å²) in [5.41, 5.74) is 5.38. The predicted molar refractivity (Wildman–Crippen MR) is 54.1 cm³/mol. The van der Waals surface area contributed by atoms with E-state index in [-0.39, 0.29) is 11.9 Å². The van der Waals surface area contributed by atoms with Gasteiger partial charge in [-0.25, -0.2) is 0 Å². The van der Waals surface area contributed by atoms with Crippen molar-refractivity contribution in [3.05, 3.63) is 23.7 Å². The number of rotatable bonds is 4. The third-order valence-corrected chi connectivity index (χ3v) is 1.96. The minimum atomic E-state index is -0.206. The normalized spacial score (nSPS) is 12.5. The molecule has 0 bridgehead atoms. The summed E-state index contributed by atoms with van der Waals surface area (Å²) in [5.74, 6) is 0.959. The van der Waals surface area contributed by atoms with Crippen LogP contribution in [0.5, 0.6) is 0 Å². The second-order valence-corrected chi connectivity index (χ2v) is 3.23. The van der Waals surface area contributed by atoms with Gasteiger partial charge in [0.1, 0.15) is 5.76 Å². The summed E-state index contributed by atoms with van der Waals surface area (Å²) in [6.07, 6.45) is 0.791. The van der Waals surface area contributed by atoms with Crippen molar-refractivity contribution in [1.29, 1.82) is 0 Å². The van der Waals surface area contributed by atoms with Gasteiger partial charge in [0.2, 0.25) is 0 Å². The molecule has 1 aromatic heterocycles. The quantitative estimate of drug-likeness (QED) is 0.752. The molecule has 4 nitrogen and oxygen atoms in total. The number of nitrogens with one attached hydrogen (secondary N) is 1. The van der Waals surface area contributed by atoms with Gasteiger partial charge in [-0.3, -0.25) is 4.79 Å². The highest BCUT2D eigenvalue weighted by atomic mass is 16.3. The molecular weight excluding hydrogens is 180 g/mol. The highest BCUT2D eigenvalue weighted by molar-refractivity contribution is 5.91. The molecule has 1 heterocycles. The molecule has 1 unspecified atom stereocenters. The van der Waals surface area contributed by atoms with Gasteiger partial charge < -0.3 is 15.5 Å². The first kappa shape index (κ1) is 10.8. The predicted octanol–water partition coefficient (Wildman–Crippen LogP) is 0.919. The maximum atomic E-state index is 11.5. The van der Waals surface area contributed by atoms with Gasteiger partial charge in [-0.2, -0.15) is 0 Å². The van der Waals surface area contributed by atoms with Crippen molar-refractivity contribution in [1.82, 2.24) is 5.32 Å². The largest absolute Gasteiger partial charge is 0.456 e. The zero-order chi connectivity index (χ0) is 10.6. The molecule has 0 saturated heterocycles. The maximum Gasteiger partial charge on any atom is 0.287 e. The van der Waals surface area contributed by atoms with Gasteiger partial charge >= 0.3 is 0 Å². The average molecular weight is 196 g/mol. The molecule has 0 radical (unpaired) electrons. The van der Waals surface area contributed by atoms with E-state index in [1.165, 1.54) is 0 Å². The summed E-state index contributed by atoms with van der Waals surface area (Å²) in [5, 5.41) is 2.73. The Morgan fingerprint density at radius 2 is 2.36 bits per heavy atom. The highest BCUT2D eigenvalue weighted by Gasteiger charge is 2.12. The van der Waals surface area contributed by atoms with Crippen molar-refractivity contribution >= 4 is 5.91 Å². The van der Waals surface area contributed by atoms with Crippen LogP contribution >= 0.6 is 0 Å². The van der Waals surface area contributed by atoms with Crippen molar-refractivity contribution in [2.75, 3.05) is 6.54 Å². The van der Waals surface area contributed by atoms with Crippen LogP contribution in [0.1, 0.15) is 30.2 Å². The van der Waals surface area contributed by atoms with Crippen LogP contribution in [0.4, 0.5) is 0 Å². The number of aryl methyl sites for hydroxylation is 1. The van der Waals surface area contributed by atoms with Gasteiger partial charge in [-0.1, -0.05) is 6.92 Å². The first-order valence-corrected chi connectivity index (χ1v) is 4.77. The van der Waals surface area contributed by atoms with E-state index in [0.29, 0.717) is 12.3 Å². The molecular formula is C10H16N2O2. The molecule has 0 spiro atoms. The molecule has 0 saturated carbocycles. The smallest absolute Gasteiger partial charge is 0.287 e. The Kier molecular flexibility index (Phi) is 3.71. The zero-order valence-corrected chi connectivity index (χ0v) is 8.54. The number of carbonyl (C=O) groups excluding carboxylic acids is 1. The summed E-state index contributed by atoms with van der Waals surface area (Å²) in [6.45, 7) is 4.25. The van der Waals surface area contributed by atoms with Crippen LogP contribution in [0.25, 0.3) is 0 Å². The molecule has 14 heavy (non-hydrogen) atoms. The Morgan fingerprint density at radius 3 is 2.86 bits per heavy atom. The van der Waals surface area contributed by atoms with Crippen molar-refractivity contribution in [2.45, 2.75) is 26.3 Å². The van der Waals surface area contributed by atoms with Crippen LogP contribution in [0.2, 0.25) is 0 Å². The van der Waals surface area contributed by atoms with Crippen molar-refractivity contribution in [2.24, 2.45) is 5.73 Å². The lowest BCUT2D eigenvalue weighted by Gasteiger charge is -2.09. The first-order chi connectivity index (χ1) is 6.67. The Balaban J connectivity index is 2.60. The Bertz CT molecular complexity index is 307. The third-order valence-electron chi connectivity index (χ3n) is 1.96. The number of hydrogen-bond acceptors (Lipinski definition) is 3. The van der Waals surface area contributed by atoms with Gasteiger partial charge in [-0.15, -0.1) is 0 Å². The van der Waals surface area contributed by atoms with Crippen LogP contribution in [-0.4, -0.2) is 18.5 Å². The van der Waals surface area contributed by atoms with Gasteiger partial charge in [-0.05, 0) is 19.1 Å². The average Bonchev–Trinajstić information content (AvgIpc) is 2.65. The molecule has 0 aromatic carbocycles. The molecule has 78 valence electrons. The second kappa shape index (κ2) is 4.81. The van der Waals surface area contributed by atoms with Crippen LogP contribution in [-0.2, 0) is 6.42 Å². The van der Waals surface area contributed by atoms with Gasteiger partial charge in [0.25, 0.3) is 5.91 Å². The summed E-state index contributed by atoms with van der Waals surface area (Å²) in [4.78, 5) is 11.5. The monoisotopic (exact) mass is 196 g/mol. The molecule has 1 rings (SSSR count). The van der Waals surface area contributed by atoms with Gasteiger partial charge in [0.15, 0.2) is 5.76 Å². The van der Waals surface area contributed by atoms with E-state index in [1.807, 2.05) is 19.9 Å². The standard InChI is InChI=1S/C10H16N2O2/c1-3-8-4-5-9(14-8)10(13)12-7(2)6-11/h4-5,7H,3,6,11H2,1-2H3,(H,12,13). The zero-order valence-electron chi connectivity index (χ0n) is 8.54. The maximum absolute atomic E-state index is 11.5. The van der Waals surface area contributed by atoms with Gasteiger partial charge in [0.05, 0.1) is 0 Å². The highest BCUT2D eigenvalue weighted by Crippen LogP contribution is 2.08. The van der Waals surface area contributed by atoms with Gasteiger partial charge in [0, 0.05) is 19.0 Å². The summed E-state index contributed by atoms with van der Waals surface area (Å²) < 4.78 is 5.29. The fourth-order valence-corrected chi connectivity index (χ4v) is 1.04. The number of nitrogens with two attached hydrogens (primary N) is 1. The number of carbonyl (C=O) groups is 1. The Morgan fingerprint density at radius 1 is 1.64 bits per heavy atom. The fourth-order valence-electron chi connectivity index (χ4n) is 1.04. The summed E-state index contributed by atoms with van der Waals surface area (Å²) in [7, 11) is 0. The van der Waals surface area contributed by atoms with Crippen LogP contribution in [0.3, 0.4) is 0 Å². The second-order valence-electron chi connectivity index (χ2n) is 3.23. The molecule has 1 atom stereocenters.